The molecule has 4 rings (SSSR count). The van der Waals surface area contributed by atoms with Gasteiger partial charge in [0.15, 0.2) is 0 Å². The Hall–Kier alpha value is -2.54. The summed E-state index contributed by atoms with van der Waals surface area (Å²) in [6.07, 6.45) is 0.171. The summed E-state index contributed by atoms with van der Waals surface area (Å²) < 4.78 is 13.9. The van der Waals surface area contributed by atoms with Crippen molar-refractivity contribution >= 4 is 35.0 Å². The summed E-state index contributed by atoms with van der Waals surface area (Å²) in [6.45, 7) is 2.23. The summed E-state index contributed by atoms with van der Waals surface area (Å²) in [5.74, 6) is -0.404. The van der Waals surface area contributed by atoms with Crippen molar-refractivity contribution < 1.29 is 14.0 Å². The minimum atomic E-state index is -0.419. The van der Waals surface area contributed by atoms with Crippen LogP contribution >= 0.6 is 11.8 Å². The molecule has 2 amide bonds. The molecule has 1 fully saturated rings. The highest BCUT2D eigenvalue weighted by Gasteiger charge is 2.31. The number of piperazine rings is 1. The second-order valence-electron chi connectivity index (χ2n) is 6.62. The van der Waals surface area contributed by atoms with Crippen molar-refractivity contribution in [2.75, 3.05) is 36.4 Å². The zero-order valence-electron chi connectivity index (χ0n) is 14.7. The third kappa shape index (κ3) is 3.78. The van der Waals surface area contributed by atoms with E-state index in [0.717, 1.165) is 10.6 Å². The molecule has 0 aromatic heterocycles. The molecular weight excluding hydrogens is 365 g/mol. The number of thioether (sulfide) groups is 1. The molecule has 1 unspecified atom stereocenters. The fraction of sp³-hybridized carbons (Fsp3) is 0.300. The third-order valence-corrected chi connectivity index (χ3v) is 6.17. The van der Waals surface area contributed by atoms with Gasteiger partial charge in [-0.25, -0.2) is 4.39 Å². The van der Waals surface area contributed by atoms with Gasteiger partial charge in [0.25, 0.3) is 0 Å². The van der Waals surface area contributed by atoms with Gasteiger partial charge in [-0.3, -0.25) is 9.59 Å². The third-order valence-electron chi connectivity index (χ3n) is 4.89. The molecule has 0 radical (unpaired) electrons. The number of para-hydroxylation sites is 2. The Bertz CT molecular complexity index is 868. The van der Waals surface area contributed by atoms with Gasteiger partial charge in [0.2, 0.25) is 11.8 Å². The first-order valence-corrected chi connectivity index (χ1v) is 9.83. The van der Waals surface area contributed by atoms with Crippen LogP contribution in [-0.4, -0.2) is 48.1 Å². The van der Waals surface area contributed by atoms with E-state index < -0.39 is 5.25 Å². The fourth-order valence-electron chi connectivity index (χ4n) is 3.42. The van der Waals surface area contributed by atoms with Gasteiger partial charge < -0.3 is 15.1 Å². The molecule has 1 N–H and O–H groups in total. The van der Waals surface area contributed by atoms with Crippen molar-refractivity contribution in [2.45, 2.75) is 16.6 Å². The minimum Gasteiger partial charge on any atom is -0.366 e. The Morgan fingerprint density at radius 1 is 1.07 bits per heavy atom. The summed E-state index contributed by atoms with van der Waals surface area (Å²) >= 11 is 1.44. The monoisotopic (exact) mass is 385 g/mol. The van der Waals surface area contributed by atoms with E-state index in [2.05, 4.69) is 5.32 Å². The van der Waals surface area contributed by atoms with Gasteiger partial charge in [0, 0.05) is 37.5 Å². The first-order chi connectivity index (χ1) is 13.1. The first-order valence-electron chi connectivity index (χ1n) is 8.95. The summed E-state index contributed by atoms with van der Waals surface area (Å²) in [4.78, 5) is 29.7. The Balaban J connectivity index is 1.35. The number of rotatable bonds is 3. The predicted octanol–water partition coefficient (Wildman–Crippen LogP) is 2.98. The molecule has 2 aliphatic heterocycles. The highest BCUT2D eigenvalue weighted by atomic mass is 32.2. The number of fused-ring (bicyclic) bond motifs is 1. The van der Waals surface area contributed by atoms with Crippen molar-refractivity contribution in [1.29, 1.82) is 0 Å². The summed E-state index contributed by atoms with van der Waals surface area (Å²) in [7, 11) is 0. The summed E-state index contributed by atoms with van der Waals surface area (Å²) in [5.41, 5.74) is 1.37. The zero-order valence-corrected chi connectivity index (χ0v) is 15.5. The minimum absolute atomic E-state index is 0.0322. The van der Waals surface area contributed by atoms with Crippen LogP contribution in [0.3, 0.4) is 0 Å². The normalized spacial score (nSPS) is 19.4. The number of anilines is 2. The van der Waals surface area contributed by atoms with Crippen molar-refractivity contribution in [3.05, 3.63) is 54.3 Å². The van der Waals surface area contributed by atoms with Crippen LogP contribution in [0, 0.1) is 5.82 Å². The Kier molecular flexibility index (Phi) is 5.03. The lowest BCUT2D eigenvalue weighted by Crippen LogP contribution is -2.50. The highest BCUT2D eigenvalue weighted by molar-refractivity contribution is 8.01. The molecule has 7 heteroatoms. The van der Waals surface area contributed by atoms with Crippen LogP contribution in [-0.2, 0) is 9.59 Å². The molecule has 0 bridgehead atoms. The summed E-state index contributed by atoms with van der Waals surface area (Å²) in [5, 5.41) is 2.45. The average Bonchev–Trinajstić information content (AvgIpc) is 2.69. The van der Waals surface area contributed by atoms with E-state index in [9.17, 15) is 14.0 Å². The van der Waals surface area contributed by atoms with E-state index >= 15 is 0 Å². The molecule has 0 aliphatic carbocycles. The topological polar surface area (TPSA) is 52.7 Å². The van der Waals surface area contributed by atoms with Crippen LogP contribution in [0.5, 0.6) is 0 Å². The van der Waals surface area contributed by atoms with E-state index in [1.54, 1.807) is 17.0 Å². The van der Waals surface area contributed by atoms with Crippen LogP contribution < -0.4 is 10.2 Å². The number of hydrogen-bond donors (Lipinski definition) is 1. The molecular formula is C20H20FN3O2S. The number of carbonyl (C=O) groups is 2. The Labute approximate surface area is 161 Å². The smallest absolute Gasteiger partial charge is 0.238 e. The van der Waals surface area contributed by atoms with Crippen LogP contribution in [0.4, 0.5) is 15.8 Å². The SMILES string of the molecule is O=C1Nc2ccccc2SC1CC(=O)N1CCN(c2ccccc2F)CC1. The van der Waals surface area contributed by atoms with E-state index in [0.29, 0.717) is 31.9 Å². The van der Waals surface area contributed by atoms with Crippen LogP contribution in [0.15, 0.2) is 53.4 Å². The van der Waals surface area contributed by atoms with Crippen molar-refractivity contribution in [1.82, 2.24) is 4.90 Å². The van der Waals surface area contributed by atoms with Crippen LogP contribution in [0.1, 0.15) is 6.42 Å². The van der Waals surface area contributed by atoms with Crippen molar-refractivity contribution in [3.63, 3.8) is 0 Å². The number of benzene rings is 2. The molecule has 2 aromatic carbocycles. The number of nitrogens with one attached hydrogen (secondary N) is 1. The lowest BCUT2D eigenvalue weighted by atomic mass is 10.2. The molecule has 140 valence electrons. The van der Waals surface area contributed by atoms with E-state index in [-0.39, 0.29) is 24.1 Å². The number of nitrogens with zero attached hydrogens (tertiary/aromatic N) is 2. The van der Waals surface area contributed by atoms with Gasteiger partial charge in [0.05, 0.1) is 16.6 Å². The summed E-state index contributed by atoms with van der Waals surface area (Å²) in [6, 6.07) is 14.3. The lowest BCUT2D eigenvalue weighted by Gasteiger charge is -2.37. The molecule has 2 aliphatic rings. The first kappa shape index (κ1) is 17.9. The maximum absolute atomic E-state index is 13.9. The lowest BCUT2D eigenvalue weighted by molar-refractivity contribution is -0.132. The fourth-order valence-corrected chi connectivity index (χ4v) is 4.52. The van der Waals surface area contributed by atoms with E-state index in [1.165, 1.54) is 17.8 Å². The molecule has 0 saturated carbocycles. The van der Waals surface area contributed by atoms with Gasteiger partial charge in [-0.2, -0.15) is 0 Å². The van der Waals surface area contributed by atoms with Crippen molar-refractivity contribution in [3.8, 4) is 0 Å². The van der Waals surface area contributed by atoms with Crippen LogP contribution in [0.2, 0.25) is 0 Å². The van der Waals surface area contributed by atoms with E-state index in [4.69, 9.17) is 0 Å². The second-order valence-corrected chi connectivity index (χ2v) is 7.86. The van der Waals surface area contributed by atoms with Crippen molar-refractivity contribution in [2.24, 2.45) is 0 Å². The number of amides is 2. The molecule has 5 nitrogen and oxygen atoms in total. The predicted molar refractivity (Wildman–Crippen MR) is 105 cm³/mol. The second kappa shape index (κ2) is 7.60. The van der Waals surface area contributed by atoms with Gasteiger partial charge in [-0.05, 0) is 24.3 Å². The molecule has 27 heavy (non-hydrogen) atoms. The highest BCUT2D eigenvalue weighted by Crippen LogP contribution is 2.36. The van der Waals surface area contributed by atoms with Gasteiger partial charge >= 0.3 is 0 Å². The van der Waals surface area contributed by atoms with Crippen LogP contribution in [0.25, 0.3) is 0 Å². The molecule has 0 spiro atoms. The number of halogens is 1. The molecule has 1 saturated heterocycles. The zero-order chi connectivity index (χ0) is 18.8. The molecule has 2 heterocycles. The quantitative estimate of drug-likeness (QED) is 0.883. The maximum Gasteiger partial charge on any atom is 0.238 e. The van der Waals surface area contributed by atoms with Gasteiger partial charge in [-0.1, -0.05) is 24.3 Å². The Morgan fingerprint density at radius 2 is 1.78 bits per heavy atom. The number of hydrogen-bond acceptors (Lipinski definition) is 4. The average molecular weight is 385 g/mol. The largest absolute Gasteiger partial charge is 0.366 e. The van der Waals surface area contributed by atoms with Gasteiger partial charge in [-0.15, -0.1) is 11.8 Å². The molecule has 2 aromatic rings. The van der Waals surface area contributed by atoms with Gasteiger partial charge in [0.1, 0.15) is 5.82 Å². The molecule has 1 atom stereocenters. The van der Waals surface area contributed by atoms with E-state index in [1.807, 2.05) is 35.2 Å². The number of carbonyl (C=O) groups excluding carboxylic acids is 2. The standard InChI is InChI=1S/C20H20FN3O2S/c21-14-5-1-3-7-16(14)23-9-11-24(12-10-23)19(25)13-18-20(26)22-15-6-2-4-8-17(15)27-18/h1-8,18H,9-13H2,(H,22,26). The maximum atomic E-state index is 13.9. The Morgan fingerprint density at radius 3 is 2.56 bits per heavy atom.